The lowest BCUT2D eigenvalue weighted by Crippen LogP contribution is -2.04. The van der Waals surface area contributed by atoms with Crippen LogP contribution in [0.3, 0.4) is 0 Å². The number of benzene rings is 1. The summed E-state index contributed by atoms with van der Waals surface area (Å²) in [4.78, 5) is 0. The van der Waals surface area contributed by atoms with Gasteiger partial charge in [-0.25, -0.2) is 0 Å². The molecule has 0 atom stereocenters. The molecule has 0 radical (unpaired) electrons. The molecule has 2 aromatic rings. The molecule has 1 heterocycles. The summed E-state index contributed by atoms with van der Waals surface area (Å²) in [5.74, 6) is 1.43. The van der Waals surface area contributed by atoms with Gasteiger partial charge >= 0.3 is 0 Å². The molecule has 102 valence electrons. The van der Waals surface area contributed by atoms with Gasteiger partial charge in [-0.15, -0.1) is 10.2 Å². The van der Waals surface area contributed by atoms with Gasteiger partial charge in [0.15, 0.2) is 0 Å². The van der Waals surface area contributed by atoms with E-state index < -0.39 is 0 Å². The zero-order valence-corrected chi connectivity index (χ0v) is 12.3. The number of nitrogens with one attached hydrogen (secondary N) is 1. The second-order valence-corrected chi connectivity index (χ2v) is 5.65. The maximum Gasteiger partial charge on any atom is 0.205 e. The Bertz CT molecular complexity index is 508. The topological polar surface area (TPSA) is 47.0 Å². The van der Waals surface area contributed by atoms with Crippen LogP contribution in [-0.4, -0.2) is 23.3 Å². The number of ether oxygens (including phenoxy) is 1. The van der Waals surface area contributed by atoms with Crippen molar-refractivity contribution in [3.8, 4) is 16.3 Å². The maximum atomic E-state index is 5.66. The van der Waals surface area contributed by atoms with Crippen molar-refractivity contribution in [2.45, 2.75) is 20.8 Å². The van der Waals surface area contributed by atoms with E-state index in [9.17, 15) is 0 Å². The number of rotatable bonds is 6. The van der Waals surface area contributed by atoms with Crippen molar-refractivity contribution in [3.63, 3.8) is 0 Å². The highest BCUT2D eigenvalue weighted by Crippen LogP contribution is 2.27. The molecule has 2 rings (SSSR count). The third-order valence-electron chi connectivity index (χ3n) is 2.44. The van der Waals surface area contributed by atoms with Gasteiger partial charge in [0.2, 0.25) is 5.13 Å². The van der Waals surface area contributed by atoms with Gasteiger partial charge in [0.25, 0.3) is 0 Å². The van der Waals surface area contributed by atoms with E-state index in [1.807, 2.05) is 31.2 Å². The smallest absolute Gasteiger partial charge is 0.205 e. The van der Waals surface area contributed by atoms with Crippen LogP contribution >= 0.6 is 11.3 Å². The van der Waals surface area contributed by atoms with Crippen LogP contribution < -0.4 is 10.1 Å². The highest BCUT2D eigenvalue weighted by Gasteiger charge is 2.06. The standard InChI is InChI=1S/C14H19N3OS/c1-4-15-14-17-16-13(19-14)11-5-7-12(8-6-11)18-9-10(2)3/h5-8,10H,4,9H2,1-3H3,(H,15,17). The summed E-state index contributed by atoms with van der Waals surface area (Å²) in [7, 11) is 0. The van der Waals surface area contributed by atoms with E-state index in [0.29, 0.717) is 5.92 Å². The van der Waals surface area contributed by atoms with E-state index in [2.05, 4.69) is 29.4 Å². The highest BCUT2D eigenvalue weighted by molar-refractivity contribution is 7.18. The van der Waals surface area contributed by atoms with Crippen LogP contribution in [-0.2, 0) is 0 Å². The molecule has 0 aliphatic rings. The summed E-state index contributed by atoms with van der Waals surface area (Å²) in [6, 6.07) is 8.00. The predicted octanol–water partition coefficient (Wildman–Crippen LogP) is 3.67. The van der Waals surface area contributed by atoms with Crippen molar-refractivity contribution in [2.75, 3.05) is 18.5 Å². The molecule has 0 aliphatic carbocycles. The van der Waals surface area contributed by atoms with Crippen LogP contribution in [0.2, 0.25) is 0 Å². The summed E-state index contributed by atoms with van der Waals surface area (Å²) >= 11 is 1.56. The second kappa shape index (κ2) is 6.52. The molecule has 0 bridgehead atoms. The van der Waals surface area contributed by atoms with Crippen LogP contribution in [0.5, 0.6) is 5.75 Å². The van der Waals surface area contributed by atoms with Crippen LogP contribution in [0.15, 0.2) is 24.3 Å². The van der Waals surface area contributed by atoms with Gasteiger partial charge in [-0.1, -0.05) is 25.2 Å². The predicted molar refractivity (Wildman–Crippen MR) is 79.8 cm³/mol. The van der Waals surface area contributed by atoms with Gasteiger partial charge in [-0.3, -0.25) is 0 Å². The van der Waals surface area contributed by atoms with Crippen LogP contribution in [0.4, 0.5) is 5.13 Å². The monoisotopic (exact) mass is 277 g/mol. The van der Waals surface area contributed by atoms with Crippen molar-refractivity contribution in [2.24, 2.45) is 5.92 Å². The van der Waals surface area contributed by atoms with Gasteiger partial charge in [0.05, 0.1) is 6.61 Å². The lowest BCUT2D eigenvalue weighted by molar-refractivity contribution is 0.271. The molecule has 0 saturated heterocycles. The summed E-state index contributed by atoms with van der Waals surface area (Å²) in [5, 5.41) is 13.2. The molecule has 0 fully saturated rings. The lowest BCUT2D eigenvalue weighted by Gasteiger charge is -2.08. The molecule has 1 N–H and O–H groups in total. The van der Waals surface area contributed by atoms with Crippen molar-refractivity contribution in [3.05, 3.63) is 24.3 Å². The molecule has 0 amide bonds. The van der Waals surface area contributed by atoms with Crippen LogP contribution in [0.1, 0.15) is 20.8 Å². The highest BCUT2D eigenvalue weighted by atomic mass is 32.1. The molecule has 0 spiro atoms. The molecule has 1 aromatic carbocycles. The zero-order chi connectivity index (χ0) is 13.7. The van der Waals surface area contributed by atoms with Gasteiger partial charge in [-0.05, 0) is 37.1 Å². The average Bonchev–Trinajstić information content (AvgIpc) is 2.86. The van der Waals surface area contributed by atoms with E-state index >= 15 is 0 Å². The fourth-order valence-corrected chi connectivity index (χ4v) is 2.34. The molecule has 0 unspecified atom stereocenters. The number of hydrogen-bond donors (Lipinski definition) is 1. The Balaban J connectivity index is 2.04. The van der Waals surface area contributed by atoms with E-state index in [1.54, 1.807) is 11.3 Å². The Morgan fingerprint density at radius 1 is 1.21 bits per heavy atom. The fraction of sp³-hybridized carbons (Fsp3) is 0.429. The minimum absolute atomic E-state index is 0.533. The Labute approximate surface area is 117 Å². The van der Waals surface area contributed by atoms with Crippen LogP contribution in [0.25, 0.3) is 10.6 Å². The molecular formula is C14H19N3OS. The van der Waals surface area contributed by atoms with Gasteiger partial charge in [0.1, 0.15) is 10.8 Å². The lowest BCUT2D eigenvalue weighted by atomic mass is 10.2. The quantitative estimate of drug-likeness (QED) is 0.875. The van der Waals surface area contributed by atoms with Crippen molar-refractivity contribution >= 4 is 16.5 Å². The zero-order valence-electron chi connectivity index (χ0n) is 11.5. The Hall–Kier alpha value is -1.62. The third kappa shape index (κ3) is 3.92. The van der Waals surface area contributed by atoms with E-state index in [0.717, 1.165) is 34.6 Å². The minimum atomic E-state index is 0.533. The van der Waals surface area contributed by atoms with E-state index in [4.69, 9.17) is 4.74 Å². The van der Waals surface area contributed by atoms with Gasteiger partial charge in [0, 0.05) is 12.1 Å². The number of aromatic nitrogens is 2. The average molecular weight is 277 g/mol. The van der Waals surface area contributed by atoms with E-state index in [1.165, 1.54) is 0 Å². The number of nitrogens with zero attached hydrogens (tertiary/aromatic N) is 2. The largest absolute Gasteiger partial charge is 0.493 e. The molecule has 1 aromatic heterocycles. The normalized spacial score (nSPS) is 10.7. The van der Waals surface area contributed by atoms with E-state index in [-0.39, 0.29) is 0 Å². The SMILES string of the molecule is CCNc1nnc(-c2ccc(OCC(C)C)cc2)s1. The summed E-state index contributed by atoms with van der Waals surface area (Å²) < 4.78 is 5.66. The van der Waals surface area contributed by atoms with Crippen molar-refractivity contribution in [1.29, 1.82) is 0 Å². The molecule has 19 heavy (non-hydrogen) atoms. The second-order valence-electron chi connectivity index (χ2n) is 4.67. The Morgan fingerprint density at radius 2 is 1.95 bits per heavy atom. The van der Waals surface area contributed by atoms with Gasteiger partial charge in [-0.2, -0.15) is 0 Å². The molecular weight excluding hydrogens is 258 g/mol. The minimum Gasteiger partial charge on any atom is -0.493 e. The first-order valence-electron chi connectivity index (χ1n) is 6.49. The molecule has 0 saturated carbocycles. The van der Waals surface area contributed by atoms with Crippen molar-refractivity contribution in [1.82, 2.24) is 10.2 Å². The number of anilines is 1. The Kier molecular flexibility index (Phi) is 4.74. The van der Waals surface area contributed by atoms with Crippen molar-refractivity contribution < 1.29 is 4.74 Å². The molecule has 0 aliphatic heterocycles. The summed E-state index contributed by atoms with van der Waals surface area (Å²) in [6.45, 7) is 7.91. The summed E-state index contributed by atoms with van der Waals surface area (Å²) in [5.41, 5.74) is 1.07. The molecule has 4 nitrogen and oxygen atoms in total. The fourth-order valence-electron chi connectivity index (χ4n) is 1.52. The maximum absolute atomic E-state index is 5.66. The Morgan fingerprint density at radius 3 is 2.58 bits per heavy atom. The molecule has 5 heteroatoms. The first-order valence-corrected chi connectivity index (χ1v) is 7.31. The first kappa shape index (κ1) is 13.8. The van der Waals surface area contributed by atoms with Crippen LogP contribution in [0, 0.1) is 5.92 Å². The van der Waals surface area contributed by atoms with Gasteiger partial charge < -0.3 is 10.1 Å². The summed E-state index contributed by atoms with van der Waals surface area (Å²) in [6.07, 6.45) is 0. The number of hydrogen-bond acceptors (Lipinski definition) is 5. The first-order chi connectivity index (χ1) is 9.19. The third-order valence-corrected chi connectivity index (χ3v) is 3.37.